The summed E-state index contributed by atoms with van der Waals surface area (Å²) in [5, 5.41) is 14.6. The molecule has 6 aromatic rings. The number of benzene rings is 3. The van der Waals surface area contributed by atoms with Crippen LogP contribution in [-0.2, 0) is 5.75 Å². The summed E-state index contributed by atoms with van der Waals surface area (Å²) < 4.78 is 21.9. The Hall–Kier alpha value is -4.54. The zero-order chi connectivity index (χ0) is 27.3. The van der Waals surface area contributed by atoms with E-state index in [2.05, 4.69) is 20.5 Å². The second-order valence-corrected chi connectivity index (χ2v) is 10.6. The number of carbonyl (C=O) groups is 1. The highest BCUT2D eigenvalue weighted by molar-refractivity contribution is 7.98. The highest BCUT2D eigenvalue weighted by Crippen LogP contribution is 2.31. The predicted octanol–water partition coefficient (Wildman–Crippen LogP) is 6.93. The standard InChI is InChI=1S/C30H22FN5O2S2/c31-22-14-7-8-15-24(22)36-28(25-16-9-17-38-25)34-35-30(36)40-19-26-32-23(18-39-26)29(37)33-27(20-10-3-1-4-11-20)21-12-5-2-6-13-21/h1-18,27H,19H2,(H,33,37). The fraction of sp³-hybridized carbons (Fsp3) is 0.0667. The Labute approximate surface area is 237 Å². The van der Waals surface area contributed by atoms with E-state index in [9.17, 15) is 9.18 Å². The first kappa shape index (κ1) is 25.7. The topological polar surface area (TPSA) is 85.8 Å². The average molecular weight is 568 g/mol. The van der Waals surface area contributed by atoms with Gasteiger partial charge in [-0.3, -0.25) is 9.36 Å². The maximum absolute atomic E-state index is 14.8. The molecule has 0 radical (unpaired) electrons. The van der Waals surface area contributed by atoms with Crippen molar-refractivity contribution in [1.29, 1.82) is 0 Å². The number of amides is 1. The molecule has 0 aliphatic rings. The van der Waals surface area contributed by atoms with Gasteiger partial charge in [0.05, 0.1) is 23.7 Å². The first-order chi connectivity index (χ1) is 19.7. The lowest BCUT2D eigenvalue weighted by molar-refractivity contribution is 0.0938. The van der Waals surface area contributed by atoms with E-state index in [0.717, 1.165) is 16.1 Å². The monoisotopic (exact) mass is 567 g/mol. The van der Waals surface area contributed by atoms with E-state index in [-0.39, 0.29) is 11.9 Å². The van der Waals surface area contributed by atoms with E-state index in [1.165, 1.54) is 35.4 Å². The van der Waals surface area contributed by atoms with Gasteiger partial charge in [-0.2, -0.15) is 0 Å². The summed E-state index contributed by atoms with van der Waals surface area (Å²) in [7, 11) is 0. The van der Waals surface area contributed by atoms with E-state index < -0.39 is 5.82 Å². The molecule has 6 rings (SSSR count). The minimum Gasteiger partial charge on any atom is -0.461 e. The molecule has 0 fully saturated rings. The van der Waals surface area contributed by atoms with Crippen molar-refractivity contribution in [3.8, 4) is 17.3 Å². The van der Waals surface area contributed by atoms with E-state index in [1.54, 1.807) is 40.3 Å². The zero-order valence-corrected chi connectivity index (χ0v) is 22.6. The Balaban J connectivity index is 1.21. The van der Waals surface area contributed by atoms with Gasteiger partial charge in [-0.1, -0.05) is 84.6 Å². The zero-order valence-electron chi connectivity index (χ0n) is 21.0. The van der Waals surface area contributed by atoms with E-state index in [0.29, 0.717) is 33.9 Å². The van der Waals surface area contributed by atoms with Crippen molar-refractivity contribution in [2.75, 3.05) is 0 Å². The van der Waals surface area contributed by atoms with Crippen LogP contribution in [0.3, 0.4) is 0 Å². The first-order valence-electron chi connectivity index (χ1n) is 12.4. The van der Waals surface area contributed by atoms with Crippen molar-refractivity contribution >= 4 is 29.0 Å². The molecule has 0 saturated heterocycles. The molecule has 0 aliphatic heterocycles. The maximum atomic E-state index is 14.8. The van der Waals surface area contributed by atoms with Crippen LogP contribution in [0.1, 0.15) is 32.7 Å². The lowest BCUT2D eigenvalue weighted by atomic mass is 9.98. The molecule has 0 atom stereocenters. The summed E-state index contributed by atoms with van der Waals surface area (Å²) in [5.74, 6) is 0.618. The SMILES string of the molecule is O=C(NC(c1ccccc1)c1ccccc1)c1csc(CSc2nnc(-c3ccco3)n2-c2ccccc2F)n1. The van der Waals surface area contributed by atoms with E-state index in [4.69, 9.17) is 4.42 Å². The summed E-state index contributed by atoms with van der Waals surface area (Å²) in [5.41, 5.74) is 2.61. The Kier molecular flexibility index (Phi) is 7.51. The molecular weight excluding hydrogens is 545 g/mol. The lowest BCUT2D eigenvalue weighted by Gasteiger charge is -2.19. The Morgan fingerprint density at radius 3 is 2.30 bits per heavy atom. The van der Waals surface area contributed by atoms with Crippen LogP contribution >= 0.6 is 23.1 Å². The molecule has 1 amide bonds. The number of nitrogens with zero attached hydrogens (tertiary/aromatic N) is 4. The second-order valence-electron chi connectivity index (χ2n) is 8.71. The number of rotatable bonds is 9. The maximum Gasteiger partial charge on any atom is 0.271 e. The van der Waals surface area contributed by atoms with Gasteiger partial charge in [0.1, 0.15) is 16.5 Å². The fourth-order valence-electron chi connectivity index (χ4n) is 4.24. The van der Waals surface area contributed by atoms with Gasteiger partial charge in [0, 0.05) is 5.38 Å². The summed E-state index contributed by atoms with van der Waals surface area (Å²) in [4.78, 5) is 17.8. The number of halogens is 1. The summed E-state index contributed by atoms with van der Waals surface area (Å²) >= 11 is 2.73. The third-order valence-corrected chi connectivity index (χ3v) is 8.09. The van der Waals surface area contributed by atoms with E-state index >= 15 is 0 Å². The number of para-hydroxylation sites is 1. The average Bonchev–Trinajstić information content (AvgIpc) is 3.77. The van der Waals surface area contributed by atoms with Crippen molar-refractivity contribution in [2.45, 2.75) is 17.0 Å². The van der Waals surface area contributed by atoms with Crippen LogP contribution in [0.15, 0.2) is 118 Å². The molecule has 0 unspecified atom stereocenters. The number of hydrogen-bond donors (Lipinski definition) is 1. The number of thiazole rings is 1. The van der Waals surface area contributed by atoms with Crippen LogP contribution < -0.4 is 5.32 Å². The van der Waals surface area contributed by atoms with Gasteiger partial charge >= 0.3 is 0 Å². The smallest absolute Gasteiger partial charge is 0.271 e. The predicted molar refractivity (Wildman–Crippen MR) is 153 cm³/mol. The Morgan fingerprint density at radius 2 is 1.62 bits per heavy atom. The van der Waals surface area contributed by atoms with Crippen molar-refractivity contribution in [3.05, 3.63) is 136 Å². The van der Waals surface area contributed by atoms with Gasteiger partial charge in [-0.25, -0.2) is 9.37 Å². The largest absolute Gasteiger partial charge is 0.461 e. The lowest BCUT2D eigenvalue weighted by Crippen LogP contribution is -2.29. The molecular formula is C30H22FN5O2S2. The number of thioether (sulfide) groups is 1. The number of hydrogen-bond acceptors (Lipinski definition) is 7. The molecule has 3 aromatic heterocycles. The third kappa shape index (κ3) is 5.45. The molecule has 40 heavy (non-hydrogen) atoms. The number of furan rings is 1. The molecule has 3 heterocycles. The number of carbonyl (C=O) groups excluding carboxylic acids is 1. The normalized spacial score (nSPS) is 11.2. The van der Waals surface area contributed by atoms with Gasteiger partial charge in [0.15, 0.2) is 10.9 Å². The van der Waals surface area contributed by atoms with Gasteiger partial charge in [0.25, 0.3) is 5.91 Å². The molecule has 0 aliphatic carbocycles. The van der Waals surface area contributed by atoms with Crippen molar-refractivity contribution in [2.24, 2.45) is 0 Å². The Morgan fingerprint density at radius 1 is 0.925 bits per heavy atom. The summed E-state index contributed by atoms with van der Waals surface area (Å²) in [6.45, 7) is 0. The minimum atomic E-state index is -0.406. The second kappa shape index (κ2) is 11.7. The fourth-order valence-corrected chi connectivity index (χ4v) is 5.98. The first-order valence-corrected chi connectivity index (χ1v) is 14.3. The van der Waals surface area contributed by atoms with Gasteiger partial charge < -0.3 is 9.73 Å². The van der Waals surface area contributed by atoms with Gasteiger partial charge in [0.2, 0.25) is 5.82 Å². The minimum absolute atomic E-state index is 0.264. The summed E-state index contributed by atoms with van der Waals surface area (Å²) in [6.07, 6.45) is 1.53. The quantitative estimate of drug-likeness (QED) is 0.191. The van der Waals surface area contributed by atoms with E-state index in [1.807, 2.05) is 60.7 Å². The summed E-state index contributed by atoms with van der Waals surface area (Å²) in [6, 6.07) is 29.3. The molecule has 0 saturated carbocycles. The molecule has 1 N–H and O–H groups in total. The van der Waals surface area contributed by atoms with Gasteiger partial charge in [-0.05, 0) is 35.4 Å². The van der Waals surface area contributed by atoms with Crippen LogP contribution in [0, 0.1) is 5.82 Å². The van der Waals surface area contributed by atoms with Crippen molar-refractivity contribution in [3.63, 3.8) is 0 Å². The van der Waals surface area contributed by atoms with Crippen LogP contribution in [0.25, 0.3) is 17.3 Å². The molecule has 3 aromatic carbocycles. The molecule has 198 valence electrons. The number of nitrogens with one attached hydrogen (secondary N) is 1. The number of aromatic nitrogens is 4. The van der Waals surface area contributed by atoms with Gasteiger partial charge in [-0.15, -0.1) is 21.5 Å². The molecule has 0 spiro atoms. The van der Waals surface area contributed by atoms with Crippen LogP contribution in [0.2, 0.25) is 0 Å². The molecule has 7 nitrogen and oxygen atoms in total. The molecule has 10 heteroatoms. The van der Waals surface area contributed by atoms with Crippen LogP contribution in [0.5, 0.6) is 0 Å². The van der Waals surface area contributed by atoms with Crippen molar-refractivity contribution < 1.29 is 13.6 Å². The highest BCUT2D eigenvalue weighted by atomic mass is 32.2. The highest BCUT2D eigenvalue weighted by Gasteiger charge is 2.22. The van der Waals surface area contributed by atoms with Crippen molar-refractivity contribution in [1.82, 2.24) is 25.1 Å². The van der Waals surface area contributed by atoms with Crippen LogP contribution in [0.4, 0.5) is 4.39 Å². The molecule has 0 bridgehead atoms. The van der Waals surface area contributed by atoms with Crippen LogP contribution in [-0.4, -0.2) is 25.7 Å². The Bertz CT molecular complexity index is 1680. The third-order valence-electron chi connectivity index (χ3n) is 6.12.